The molecule has 3 aliphatic heterocycles. The molecule has 2 fully saturated rings. The van der Waals surface area contributed by atoms with Crippen LogP contribution in [0.5, 0.6) is 0 Å². The number of carbonyl (C=O) groups excluding carboxylic acids is 1. The Labute approximate surface area is 187 Å². The van der Waals surface area contributed by atoms with Gasteiger partial charge in [0.1, 0.15) is 5.82 Å². The average Bonchev–Trinajstić information content (AvgIpc) is 3.33. The molecule has 3 unspecified atom stereocenters. The smallest absolute Gasteiger partial charge is 0.254 e. The summed E-state index contributed by atoms with van der Waals surface area (Å²) >= 11 is 0. The standard InChI is InChI=1S/C25H28FN5O/c1-15-4-7-23(27-10-15)22-9-20(26)5-6-21(22)24(32)30-11-18-13-31(14-19(18)12-30)25-28-16(2)8-17(3)29-25/h4-9,15,18-19H,10-14H2,1-3H3. The minimum atomic E-state index is -0.353. The van der Waals surface area contributed by atoms with Crippen LogP contribution in [0, 0.1) is 37.4 Å². The Balaban J connectivity index is 1.32. The molecule has 0 radical (unpaired) electrons. The molecule has 0 aliphatic carbocycles. The number of aliphatic imine (C=N–C) groups is 1. The van der Waals surface area contributed by atoms with Crippen molar-refractivity contribution in [3.8, 4) is 0 Å². The average molecular weight is 434 g/mol. The molecule has 0 spiro atoms. The maximum Gasteiger partial charge on any atom is 0.254 e. The van der Waals surface area contributed by atoms with Gasteiger partial charge in [-0.15, -0.1) is 0 Å². The Morgan fingerprint density at radius 1 is 1.03 bits per heavy atom. The van der Waals surface area contributed by atoms with Gasteiger partial charge in [-0.1, -0.05) is 13.0 Å². The number of fused-ring (bicyclic) bond motifs is 1. The largest absolute Gasteiger partial charge is 0.340 e. The predicted molar refractivity (Wildman–Crippen MR) is 123 cm³/mol. The van der Waals surface area contributed by atoms with Gasteiger partial charge in [-0.2, -0.15) is 0 Å². The summed E-state index contributed by atoms with van der Waals surface area (Å²) in [5, 5.41) is 0. The zero-order chi connectivity index (χ0) is 22.4. The second kappa shape index (κ2) is 8.11. The molecule has 1 aromatic heterocycles. The number of aryl methyl sites for hydroxylation is 2. The minimum absolute atomic E-state index is 0.0432. The van der Waals surface area contributed by atoms with Crippen molar-refractivity contribution < 1.29 is 9.18 Å². The van der Waals surface area contributed by atoms with Gasteiger partial charge in [0.15, 0.2) is 0 Å². The third-order valence-corrected chi connectivity index (χ3v) is 6.65. The van der Waals surface area contributed by atoms with Crippen molar-refractivity contribution in [3.05, 3.63) is 64.7 Å². The monoisotopic (exact) mass is 433 g/mol. The van der Waals surface area contributed by atoms with Crippen LogP contribution in [0.25, 0.3) is 0 Å². The molecule has 3 aliphatic rings. The first-order chi connectivity index (χ1) is 15.4. The van der Waals surface area contributed by atoms with E-state index in [9.17, 15) is 9.18 Å². The normalized spacial score (nSPS) is 24.6. The number of rotatable bonds is 3. The first-order valence-corrected chi connectivity index (χ1v) is 11.3. The fourth-order valence-electron chi connectivity index (χ4n) is 5.04. The number of allylic oxidation sites excluding steroid dienone is 1. The third kappa shape index (κ3) is 3.92. The number of benzene rings is 1. The van der Waals surface area contributed by atoms with E-state index in [4.69, 9.17) is 0 Å². The van der Waals surface area contributed by atoms with Crippen LogP contribution < -0.4 is 4.90 Å². The van der Waals surface area contributed by atoms with E-state index in [1.54, 1.807) is 6.07 Å². The number of nitrogens with zero attached hydrogens (tertiary/aromatic N) is 5. The summed E-state index contributed by atoms with van der Waals surface area (Å²) in [5.74, 6) is 1.52. The van der Waals surface area contributed by atoms with Gasteiger partial charge in [0.2, 0.25) is 5.95 Å². The second-order valence-electron chi connectivity index (χ2n) is 9.34. The Kier molecular flexibility index (Phi) is 5.27. The molecule has 2 saturated heterocycles. The van der Waals surface area contributed by atoms with Gasteiger partial charge in [0, 0.05) is 67.1 Å². The Bertz CT molecular complexity index is 1090. The maximum absolute atomic E-state index is 14.0. The molecule has 0 N–H and O–H groups in total. The lowest BCUT2D eigenvalue weighted by molar-refractivity contribution is 0.0782. The maximum atomic E-state index is 14.0. The molecule has 166 valence electrons. The summed E-state index contributed by atoms with van der Waals surface area (Å²) in [6, 6.07) is 6.38. The van der Waals surface area contributed by atoms with E-state index in [0.717, 1.165) is 30.4 Å². The highest BCUT2D eigenvalue weighted by Crippen LogP contribution is 2.34. The molecular formula is C25H28FN5O. The summed E-state index contributed by atoms with van der Waals surface area (Å²) in [6.45, 7) is 9.80. The lowest BCUT2D eigenvalue weighted by Crippen LogP contribution is -2.34. The number of anilines is 1. The van der Waals surface area contributed by atoms with Crippen molar-refractivity contribution in [2.75, 3.05) is 37.6 Å². The summed E-state index contributed by atoms with van der Waals surface area (Å²) < 4.78 is 14.0. The summed E-state index contributed by atoms with van der Waals surface area (Å²) in [7, 11) is 0. The molecular weight excluding hydrogens is 405 g/mol. The van der Waals surface area contributed by atoms with Crippen molar-refractivity contribution >= 4 is 17.6 Å². The van der Waals surface area contributed by atoms with Gasteiger partial charge in [0.25, 0.3) is 5.91 Å². The van der Waals surface area contributed by atoms with Crippen molar-refractivity contribution in [1.29, 1.82) is 0 Å². The summed E-state index contributed by atoms with van der Waals surface area (Å²) in [4.78, 5) is 31.4. The van der Waals surface area contributed by atoms with Crippen LogP contribution in [0.3, 0.4) is 0 Å². The van der Waals surface area contributed by atoms with E-state index >= 15 is 0 Å². The summed E-state index contributed by atoms with van der Waals surface area (Å²) in [5.41, 5.74) is 3.74. The molecule has 1 aromatic carbocycles. The zero-order valence-corrected chi connectivity index (χ0v) is 18.8. The van der Waals surface area contributed by atoms with E-state index in [0.29, 0.717) is 54.2 Å². The predicted octanol–water partition coefficient (Wildman–Crippen LogP) is 3.44. The number of hydrogen-bond acceptors (Lipinski definition) is 5. The Morgan fingerprint density at radius 2 is 1.72 bits per heavy atom. The lowest BCUT2D eigenvalue weighted by Gasteiger charge is -2.23. The molecule has 4 heterocycles. The topological polar surface area (TPSA) is 61.7 Å². The van der Waals surface area contributed by atoms with Gasteiger partial charge in [-0.3, -0.25) is 9.79 Å². The van der Waals surface area contributed by atoms with E-state index in [1.165, 1.54) is 12.1 Å². The van der Waals surface area contributed by atoms with Crippen LogP contribution in [0.4, 0.5) is 10.3 Å². The molecule has 3 atom stereocenters. The van der Waals surface area contributed by atoms with Crippen molar-refractivity contribution in [2.45, 2.75) is 20.8 Å². The van der Waals surface area contributed by atoms with E-state index in [-0.39, 0.29) is 11.7 Å². The number of halogens is 1. The summed E-state index contributed by atoms with van der Waals surface area (Å²) in [6.07, 6.45) is 3.96. The number of likely N-dealkylation sites (tertiary alicyclic amines) is 1. The molecule has 2 aromatic rings. The minimum Gasteiger partial charge on any atom is -0.340 e. The van der Waals surface area contributed by atoms with Gasteiger partial charge >= 0.3 is 0 Å². The third-order valence-electron chi connectivity index (χ3n) is 6.65. The van der Waals surface area contributed by atoms with Crippen LogP contribution >= 0.6 is 0 Å². The van der Waals surface area contributed by atoms with Crippen LogP contribution in [0.15, 0.2) is 41.4 Å². The zero-order valence-electron chi connectivity index (χ0n) is 18.8. The van der Waals surface area contributed by atoms with Crippen LogP contribution in [-0.4, -0.2) is 59.2 Å². The van der Waals surface area contributed by atoms with E-state index in [2.05, 4.69) is 32.9 Å². The van der Waals surface area contributed by atoms with Gasteiger partial charge < -0.3 is 9.80 Å². The number of aromatic nitrogens is 2. The first-order valence-electron chi connectivity index (χ1n) is 11.3. The molecule has 6 nitrogen and oxygen atoms in total. The Hall–Kier alpha value is -3.09. The van der Waals surface area contributed by atoms with Crippen LogP contribution in [-0.2, 0) is 0 Å². The fourth-order valence-corrected chi connectivity index (χ4v) is 5.04. The highest BCUT2D eigenvalue weighted by Gasteiger charge is 2.43. The number of amides is 1. The van der Waals surface area contributed by atoms with Crippen molar-refractivity contribution in [2.24, 2.45) is 22.7 Å². The number of dihydropyridines is 1. The molecule has 1 amide bonds. The first kappa shape index (κ1) is 20.8. The molecule has 0 saturated carbocycles. The highest BCUT2D eigenvalue weighted by molar-refractivity contribution is 6.15. The van der Waals surface area contributed by atoms with Gasteiger partial charge in [-0.25, -0.2) is 14.4 Å². The second-order valence-corrected chi connectivity index (χ2v) is 9.34. The number of hydrogen-bond donors (Lipinski definition) is 0. The highest BCUT2D eigenvalue weighted by atomic mass is 19.1. The number of carbonyl (C=O) groups is 1. The lowest BCUT2D eigenvalue weighted by atomic mass is 9.98. The van der Waals surface area contributed by atoms with Gasteiger partial charge in [0.05, 0.1) is 5.71 Å². The van der Waals surface area contributed by atoms with Crippen LogP contribution in [0.2, 0.25) is 0 Å². The molecule has 5 rings (SSSR count). The van der Waals surface area contributed by atoms with Crippen molar-refractivity contribution in [1.82, 2.24) is 14.9 Å². The van der Waals surface area contributed by atoms with E-state index < -0.39 is 0 Å². The SMILES string of the molecule is Cc1cc(C)nc(N2CC3CN(C(=O)c4ccc(F)cc4C4=NCC(C)C=C4)CC3C2)n1. The fraction of sp³-hybridized carbons (Fsp3) is 0.440. The van der Waals surface area contributed by atoms with Gasteiger partial charge in [-0.05, 0) is 50.1 Å². The van der Waals surface area contributed by atoms with E-state index in [1.807, 2.05) is 30.9 Å². The Morgan fingerprint density at radius 3 is 2.34 bits per heavy atom. The molecule has 7 heteroatoms. The molecule has 0 bridgehead atoms. The van der Waals surface area contributed by atoms with Crippen molar-refractivity contribution in [3.63, 3.8) is 0 Å². The molecule has 32 heavy (non-hydrogen) atoms. The quantitative estimate of drug-likeness (QED) is 0.744. The van der Waals surface area contributed by atoms with Crippen LogP contribution in [0.1, 0.15) is 34.2 Å².